The normalized spacial score (nSPS) is 12.4. The molecule has 0 fully saturated rings. The van der Waals surface area contributed by atoms with Gasteiger partial charge in [0.2, 0.25) is 0 Å². The van der Waals surface area contributed by atoms with Gasteiger partial charge in [0.05, 0.1) is 0 Å². The third-order valence-corrected chi connectivity index (χ3v) is 1.42. The Kier molecular flexibility index (Phi) is 5.05. The van der Waals surface area contributed by atoms with Crippen molar-refractivity contribution in [1.82, 2.24) is 4.90 Å². The van der Waals surface area contributed by atoms with Crippen molar-refractivity contribution in [3.8, 4) is 0 Å². The number of rotatable bonds is 3. The van der Waals surface area contributed by atoms with Gasteiger partial charge in [-0.1, -0.05) is 0 Å². The van der Waals surface area contributed by atoms with Gasteiger partial charge in [-0.15, -0.1) is 0 Å². The molecule has 0 heterocycles. The zero-order chi connectivity index (χ0) is 13.0. The second-order valence-corrected chi connectivity index (χ2v) is 4.31. The molecule has 0 radical (unpaired) electrons. The molecule has 1 amide bonds. The lowest BCUT2D eigenvalue weighted by Gasteiger charge is -2.27. The van der Waals surface area contributed by atoms with Gasteiger partial charge in [0.15, 0.2) is 0 Å². The maximum atomic E-state index is 12.1. The summed E-state index contributed by atoms with van der Waals surface area (Å²) in [6.07, 6.45) is -5.46. The van der Waals surface area contributed by atoms with E-state index in [1.807, 2.05) is 0 Å². The van der Waals surface area contributed by atoms with E-state index in [-0.39, 0.29) is 13.1 Å². The van der Waals surface area contributed by atoms with Gasteiger partial charge in [-0.25, -0.2) is 4.79 Å². The van der Waals surface area contributed by atoms with Gasteiger partial charge in [-0.2, -0.15) is 13.2 Å². The van der Waals surface area contributed by atoms with Crippen LogP contribution in [0.1, 0.15) is 20.8 Å². The van der Waals surface area contributed by atoms with Gasteiger partial charge in [0.25, 0.3) is 0 Å². The van der Waals surface area contributed by atoms with E-state index in [0.29, 0.717) is 4.90 Å². The van der Waals surface area contributed by atoms with Gasteiger partial charge in [-0.3, -0.25) is 4.90 Å². The van der Waals surface area contributed by atoms with Crippen molar-refractivity contribution in [3.05, 3.63) is 0 Å². The number of amides is 1. The molecule has 0 aromatic heterocycles. The number of nitrogens with two attached hydrogens (primary N) is 1. The van der Waals surface area contributed by atoms with E-state index in [9.17, 15) is 18.0 Å². The Bertz CT molecular complexity index is 236. The lowest BCUT2D eigenvalue weighted by Crippen LogP contribution is -2.44. The molecule has 0 atom stereocenters. The number of hydrogen-bond acceptors (Lipinski definition) is 3. The summed E-state index contributed by atoms with van der Waals surface area (Å²) < 4.78 is 41.2. The molecule has 2 N–H and O–H groups in total. The molecule has 16 heavy (non-hydrogen) atoms. The summed E-state index contributed by atoms with van der Waals surface area (Å²) >= 11 is 0. The first-order valence-electron chi connectivity index (χ1n) is 4.80. The fraction of sp³-hybridized carbons (Fsp3) is 0.889. The molecule has 96 valence electrons. The smallest absolute Gasteiger partial charge is 0.410 e. The van der Waals surface area contributed by atoms with Crippen LogP contribution in [0, 0.1) is 0 Å². The van der Waals surface area contributed by atoms with Crippen LogP contribution in [-0.2, 0) is 4.74 Å². The molecule has 0 aliphatic heterocycles. The number of hydrogen-bond donors (Lipinski definition) is 1. The topological polar surface area (TPSA) is 55.6 Å². The SMILES string of the molecule is CC(C)(C)OC(=O)N(CCN)CC(F)(F)F. The lowest BCUT2D eigenvalue weighted by atomic mass is 10.2. The highest BCUT2D eigenvalue weighted by Gasteiger charge is 2.34. The minimum Gasteiger partial charge on any atom is -0.444 e. The summed E-state index contributed by atoms with van der Waals surface area (Å²) in [4.78, 5) is 11.9. The first-order valence-corrected chi connectivity index (χ1v) is 4.80. The highest BCUT2D eigenvalue weighted by Crippen LogP contribution is 2.18. The highest BCUT2D eigenvalue weighted by atomic mass is 19.4. The van der Waals surface area contributed by atoms with Crippen molar-refractivity contribution >= 4 is 6.09 Å². The predicted molar refractivity (Wildman–Crippen MR) is 52.9 cm³/mol. The molecule has 0 saturated carbocycles. The van der Waals surface area contributed by atoms with Crippen LogP contribution < -0.4 is 5.73 Å². The molecule has 0 aliphatic carbocycles. The summed E-state index contributed by atoms with van der Waals surface area (Å²) in [6.45, 7) is 3.17. The highest BCUT2D eigenvalue weighted by molar-refractivity contribution is 5.68. The Hall–Kier alpha value is -0.980. The van der Waals surface area contributed by atoms with Crippen LogP contribution in [0.25, 0.3) is 0 Å². The van der Waals surface area contributed by atoms with E-state index in [4.69, 9.17) is 10.5 Å². The third kappa shape index (κ3) is 7.33. The van der Waals surface area contributed by atoms with Crippen LogP contribution in [0.4, 0.5) is 18.0 Å². The summed E-state index contributed by atoms with van der Waals surface area (Å²) in [7, 11) is 0. The number of ether oxygens (including phenoxy) is 1. The molecule has 0 aromatic rings. The van der Waals surface area contributed by atoms with Gasteiger partial charge in [0.1, 0.15) is 12.1 Å². The number of alkyl halides is 3. The van der Waals surface area contributed by atoms with E-state index in [2.05, 4.69) is 0 Å². The Morgan fingerprint density at radius 2 is 1.81 bits per heavy atom. The molecule has 4 nitrogen and oxygen atoms in total. The molecule has 0 saturated heterocycles. The van der Waals surface area contributed by atoms with Crippen LogP contribution in [0.5, 0.6) is 0 Å². The predicted octanol–water partition coefficient (Wildman–Crippen LogP) is 1.74. The number of carbonyl (C=O) groups is 1. The van der Waals surface area contributed by atoms with Gasteiger partial charge < -0.3 is 10.5 Å². The zero-order valence-corrected chi connectivity index (χ0v) is 9.60. The number of halogens is 3. The lowest BCUT2D eigenvalue weighted by molar-refractivity contribution is -0.144. The summed E-state index contributed by atoms with van der Waals surface area (Å²) in [6, 6.07) is 0. The van der Waals surface area contributed by atoms with Crippen molar-refractivity contribution in [2.75, 3.05) is 19.6 Å². The van der Waals surface area contributed by atoms with Crippen LogP contribution in [0.2, 0.25) is 0 Å². The first kappa shape index (κ1) is 15.0. The Balaban J connectivity index is 4.47. The molecule has 0 bridgehead atoms. The first-order chi connectivity index (χ1) is 7.05. The van der Waals surface area contributed by atoms with E-state index in [1.165, 1.54) is 0 Å². The van der Waals surface area contributed by atoms with Crippen molar-refractivity contribution in [3.63, 3.8) is 0 Å². The minimum atomic E-state index is -4.45. The third-order valence-electron chi connectivity index (χ3n) is 1.42. The number of nitrogens with zero attached hydrogens (tertiary/aromatic N) is 1. The standard InChI is InChI=1S/C9H17F3N2O2/c1-8(2,3)16-7(15)14(5-4-13)6-9(10,11)12/h4-6,13H2,1-3H3. The Morgan fingerprint density at radius 3 is 2.12 bits per heavy atom. The molecule has 0 aliphatic rings. The van der Waals surface area contributed by atoms with Crippen molar-refractivity contribution < 1.29 is 22.7 Å². The largest absolute Gasteiger partial charge is 0.444 e. The van der Waals surface area contributed by atoms with Crippen LogP contribution >= 0.6 is 0 Å². The van der Waals surface area contributed by atoms with Crippen molar-refractivity contribution in [1.29, 1.82) is 0 Å². The maximum absolute atomic E-state index is 12.1. The fourth-order valence-corrected chi connectivity index (χ4v) is 0.934. The van der Waals surface area contributed by atoms with E-state index < -0.39 is 24.4 Å². The summed E-state index contributed by atoms with van der Waals surface area (Å²) in [5.41, 5.74) is 4.31. The average molecular weight is 242 g/mol. The second-order valence-electron chi connectivity index (χ2n) is 4.31. The molecular weight excluding hydrogens is 225 g/mol. The molecule has 0 unspecified atom stereocenters. The van der Waals surface area contributed by atoms with Crippen LogP contribution in [0.15, 0.2) is 0 Å². The van der Waals surface area contributed by atoms with E-state index >= 15 is 0 Å². The zero-order valence-electron chi connectivity index (χ0n) is 9.60. The van der Waals surface area contributed by atoms with Gasteiger partial charge in [0, 0.05) is 13.1 Å². The molecule has 0 rings (SSSR count). The fourth-order valence-electron chi connectivity index (χ4n) is 0.934. The molecule has 0 spiro atoms. The van der Waals surface area contributed by atoms with Crippen LogP contribution in [0.3, 0.4) is 0 Å². The maximum Gasteiger partial charge on any atom is 0.410 e. The second kappa shape index (κ2) is 5.38. The van der Waals surface area contributed by atoms with E-state index in [0.717, 1.165) is 0 Å². The quantitative estimate of drug-likeness (QED) is 0.820. The van der Waals surface area contributed by atoms with Crippen molar-refractivity contribution in [2.45, 2.75) is 32.5 Å². The molecule has 0 aromatic carbocycles. The Morgan fingerprint density at radius 1 is 1.31 bits per heavy atom. The number of carbonyl (C=O) groups excluding carboxylic acids is 1. The summed E-state index contributed by atoms with van der Waals surface area (Å²) in [5, 5.41) is 0. The summed E-state index contributed by atoms with van der Waals surface area (Å²) in [5.74, 6) is 0. The minimum absolute atomic E-state index is 0.0463. The van der Waals surface area contributed by atoms with Crippen LogP contribution in [-0.4, -0.2) is 42.4 Å². The Labute approximate surface area is 92.5 Å². The van der Waals surface area contributed by atoms with Crippen molar-refractivity contribution in [2.24, 2.45) is 5.73 Å². The van der Waals surface area contributed by atoms with E-state index in [1.54, 1.807) is 20.8 Å². The van der Waals surface area contributed by atoms with Gasteiger partial charge >= 0.3 is 12.3 Å². The molecule has 7 heteroatoms. The molecular formula is C9H17F3N2O2. The average Bonchev–Trinajstić information content (AvgIpc) is 1.97. The van der Waals surface area contributed by atoms with Gasteiger partial charge in [-0.05, 0) is 20.8 Å². The monoisotopic (exact) mass is 242 g/mol.